The van der Waals surface area contributed by atoms with E-state index in [4.69, 9.17) is 18.3 Å². The lowest BCUT2D eigenvalue weighted by atomic mass is 10.2. The molecule has 0 fully saturated rings. The second-order valence-electron chi connectivity index (χ2n) is 7.33. The molecular weight excluding hydrogens is 344 g/mol. The highest BCUT2D eigenvalue weighted by atomic mass is 28.4. The van der Waals surface area contributed by atoms with E-state index in [0.29, 0.717) is 12.4 Å². The van der Waals surface area contributed by atoms with Crippen molar-refractivity contribution in [3.63, 3.8) is 0 Å². The fraction of sp³-hybridized carbons (Fsp3) is 0.333. The highest BCUT2D eigenvalue weighted by Crippen LogP contribution is 2.36. The van der Waals surface area contributed by atoms with Gasteiger partial charge in [0, 0.05) is 12.1 Å². The molecule has 2 aromatic carbocycles. The number of benzene rings is 2. The maximum Gasteiger partial charge on any atom is 0.184 e. The first-order chi connectivity index (χ1) is 12.4. The van der Waals surface area contributed by atoms with Gasteiger partial charge in [0.2, 0.25) is 0 Å². The molecule has 0 spiro atoms. The third-order valence-corrected chi connectivity index (χ3v) is 5.06. The summed E-state index contributed by atoms with van der Waals surface area (Å²) >= 11 is 0. The average Bonchev–Trinajstić information content (AvgIpc) is 3.03. The van der Waals surface area contributed by atoms with Crippen molar-refractivity contribution >= 4 is 19.3 Å². The number of methoxy groups -OCH3 is 1. The Hall–Kier alpha value is -2.24. The minimum Gasteiger partial charge on any atom is -0.496 e. The number of rotatable bonds is 7. The van der Waals surface area contributed by atoms with E-state index in [1.54, 1.807) is 7.11 Å². The summed E-state index contributed by atoms with van der Waals surface area (Å²) in [7, 11) is -0.0168. The molecule has 0 N–H and O–H groups in total. The normalized spacial score (nSPS) is 13.0. The van der Waals surface area contributed by atoms with E-state index in [1.165, 1.54) is 0 Å². The fourth-order valence-corrected chi connectivity index (χ4v) is 4.04. The van der Waals surface area contributed by atoms with Crippen molar-refractivity contribution in [3.8, 4) is 11.5 Å². The lowest BCUT2D eigenvalue weighted by molar-refractivity contribution is 0.191. The van der Waals surface area contributed by atoms with Gasteiger partial charge in [0.05, 0.1) is 12.5 Å². The van der Waals surface area contributed by atoms with Crippen LogP contribution in [0.15, 0.2) is 52.9 Å². The minimum absolute atomic E-state index is 0.0953. The second kappa shape index (κ2) is 7.56. The van der Waals surface area contributed by atoms with Gasteiger partial charge in [-0.3, -0.25) is 0 Å². The molecule has 5 heteroatoms. The standard InChI is InChI=1S/C21H26O4Si/c1-15(25-26(3,4)5)19-13-18-20(11-17(22-2)12-21(18)24-19)23-14-16-9-7-6-8-10-16/h6-13,15H,14H2,1-5H3. The molecule has 4 nitrogen and oxygen atoms in total. The molecule has 3 aromatic rings. The molecule has 0 radical (unpaired) electrons. The molecule has 1 unspecified atom stereocenters. The Balaban J connectivity index is 1.91. The zero-order valence-corrected chi connectivity index (χ0v) is 17.0. The SMILES string of the molecule is COc1cc(OCc2ccccc2)c2cc(C(C)O[Si](C)(C)C)oc2c1. The lowest BCUT2D eigenvalue weighted by Crippen LogP contribution is -2.26. The number of furan rings is 1. The van der Waals surface area contributed by atoms with Gasteiger partial charge >= 0.3 is 0 Å². The van der Waals surface area contributed by atoms with Crippen molar-refractivity contribution in [2.45, 2.75) is 39.3 Å². The number of hydrogen-bond donors (Lipinski definition) is 0. The quantitative estimate of drug-likeness (QED) is 0.483. The largest absolute Gasteiger partial charge is 0.496 e. The monoisotopic (exact) mass is 370 g/mol. The molecule has 0 aliphatic carbocycles. The zero-order chi connectivity index (χ0) is 18.7. The number of fused-ring (bicyclic) bond motifs is 1. The van der Waals surface area contributed by atoms with E-state index < -0.39 is 8.32 Å². The summed E-state index contributed by atoms with van der Waals surface area (Å²) in [5.74, 6) is 2.26. The first kappa shape index (κ1) is 18.5. The van der Waals surface area contributed by atoms with Crippen LogP contribution in [0, 0.1) is 0 Å². The van der Waals surface area contributed by atoms with Crippen LogP contribution in [0.4, 0.5) is 0 Å². The molecule has 3 rings (SSSR count). The van der Waals surface area contributed by atoms with Gasteiger partial charge < -0.3 is 18.3 Å². The first-order valence-corrected chi connectivity index (χ1v) is 12.2. The Kier molecular flexibility index (Phi) is 5.39. The van der Waals surface area contributed by atoms with E-state index in [-0.39, 0.29) is 6.10 Å². The summed E-state index contributed by atoms with van der Waals surface area (Å²) in [5, 5.41) is 0.933. The summed E-state index contributed by atoms with van der Waals surface area (Å²) in [4.78, 5) is 0. The summed E-state index contributed by atoms with van der Waals surface area (Å²) in [6.45, 7) is 9.03. The highest BCUT2D eigenvalue weighted by Gasteiger charge is 2.22. The van der Waals surface area contributed by atoms with Crippen LogP contribution in [-0.2, 0) is 11.0 Å². The molecule has 1 atom stereocenters. The highest BCUT2D eigenvalue weighted by molar-refractivity contribution is 6.69. The Morgan fingerprint density at radius 1 is 1.04 bits per heavy atom. The molecule has 0 amide bonds. The molecule has 0 saturated carbocycles. The maximum absolute atomic E-state index is 6.15. The van der Waals surface area contributed by atoms with Crippen molar-refractivity contribution in [2.24, 2.45) is 0 Å². The van der Waals surface area contributed by atoms with Gasteiger partial charge in [-0.1, -0.05) is 30.3 Å². The summed E-state index contributed by atoms with van der Waals surface area (Å²) in [5.41, 5.74) is 1.86. The summed E-state index contributed by atoms with van der Waals surface area (Å²) in [6.07, 6.45) is -0.0953. The number of ether oxygens (including phenoxy) is 2. The van der Waals surface area contributed by atoms with Crippen LogP contribution in [0.25, 0.3) is 11.0 Å². The van der Waals surface area contributed by atoms with Crippen molar-refractivity contribution in [1.29, 1.82) is 0 Å². The summed E-state index contributed by atoms with van der Waals surface area (Å²) in [6, 6.07) is 15.9. The topological polar surface area (TPSA) is 40.8 Å². The Morgan fingerprint density at radius 2 is 1.77 bits per heavy atom. The molecule has 26 heavy (non-hydrogen) atoms. The van der Waals surface area contributed by atoms with Crippen LogP contribution in [0.2, 0.25) is 19.6 Å². The molecule has 0 aliphatic heterocycles. The van der Waals surface area contributed by atoms with Gasteiger partial charge in [0.1, 0.15) is 35.6 Å². The smallest absolute Gasteiger partial charge is 0.184 e. The van der Waals surface area contributed by atoms with E-state index >= 15 is 0 Å². The third-order valence-electron chi connectivity index (χ3n) is 4.00. The van der Waals surface area contributed by atoms with Crippen LogP contribution in [-0.4, -0.2) is 15.4 Å². The van der Waals surface area contributed by atoms with Crippen molar-refractivity contribution in [1.82, 2.24) is 0 Å². The van der Waals surface area contributed by atoms with Crippen LogP contribution in [0.1, 0.15) is 24.4 Å². The molecule has 0 saturated heterocycles. The summed E-state index contributed by atoms with van der Waals surface area (Å²) < 4.78 is 23.7. The molecule has 0 bridgehead atoms. The van der Waals surface area contributed by atoms with Gasteiger partial charge in [-0.25, -0.2) is 0 Å². The maximum atomic E-state index is 6.15. The van der Waals surface area contributed by atoms with Gasteiger partial charge in [0.25, 0.3) is 0 Å². The van der Waals surface area contributed by atoms with Crippen molar-refractivity contribution in [2.75, 3.05) is 7.11 Å². The second-order valence-corrected chi connectivity index (χ2v) is 11.8. The van der Waals surface area contributed by atoms with E-state index in [2.05, 4.69) is 19.6 Å². The molecule has 1 aromatic heterocycles. The van der Waals surface area contributed by atoms with Crippen molar-refractivity contribution in [3.05, 3.63) is 59.9 Å². The molecule has 1 heterocycles. The van der Waals surface area contributed by atoms with E-state index in [0.717, 1.165) is 28.0 Å². The first-order valence-electron chi connectivity index (χ1n) is 8.82. The van der Waals surface area contributed by atoms with Gasteiger partial charge in [-0.15, -0.1) is 0 Å². The van der Waals surface area contributed by atoms with Gasteiger partial charge in [-0.05, 0) is 38.2 Å². The Bertz CT molecular complexity index is 865. The fourth-order valence-electron chi connectivity index (χ4n) is 2.86. The predicted molar refractivity (Wildman–Crippen MR) is 106 cm³/mol. The predicted octanol–water partition coefficient (Wildman–Crippen LogP) is 5.93. The average molecular weight is 371 g/mol. The third kappa shape index (κ3) is 4.48. The van der Waals surface area contributed by atoms with Crippen molar-refractivity contribution < 1.29 is 18.3 Å². The van der Waals surface area contributed by atoms with Crippen LogP contribution < -0.4 is 9.47 Å². The Morgan fingerprint density at radius 3 is 2.42 bits per heavy atom. The molecule has 0 aliphatic rings. The van der Waals surface area contributed by atoms with Gasteiger partial charge in [0.15, 0.2) is 8.32 Å². The zero-order valence-electron chi connectivity index (χ0n) is 16.0. The molecular formula is C21H26O4Si. The van der Waals surface area contributed by atoms with Crippen LogP contribution >= 0.6 is 0 Å². The number of hydrogen-bond acceptors (Lipinski definition) is 4. The Labute approximate surface area is 155 Å². The van der Waals surface area contributed by atoms with Crippen LogP contribution in [0.3, 0.4) is 0 Å². The lowest BCUT2D eigenvalue weighted by Gasteiger charge is -2.21. The van der Waals surface area contributed by atoms with E-state index in [1.807, 2.05) is 55.5 Å². The minimum atomic E-state index is -1.66. The van der Waals surface area contributed by atoms with Crippen LogP contribution in [0.5, 0.6) is 11.5 Å². The molecule has 138 valence electrons. The van der Waals surface area contributed by atoms with E-state index in [9.17, 15) is 0 Å². The van der Waals surface area contributed by atoms with Gasteiger partial charge in [-0.2, -0.15) is 0 Å².